The fraction of sp³-hybridized carbons (Fsp3) is 0.455. The van der Waals surface area contributed by atoms with Gasteiger partial charge in [-0.15, -0.1) is 0 Å². The third-order valence-corrected chi connectivity index (χ3v) is 4.05. The summed E-state index contributed by atoms with van der Waals surface area (Å²) in [6, 6.07) is 0. The second-order valence-corrected chi connectivity index (χ2v) is 6.53. The summed E-state index contributed by atoms with van der Waals surface area (Å²) in [5.74, 6) is 0. The van der Waals surface area contributed by atoms with Gasteiger partial charge < -0.3 is 0 Å². The van der Waals surface area contributed by atoms with Crippen LogP contribution in [0.5, 0.6) is 0 Å². The van der Waals surface area contributed by atoms with Gasteiger partial charge >= 0.3 is 30.9 Å². The van der Waals surface area contributed by atoms with Gasteiger partial charge in [0.15, 0.2) is 0 Å². The second-order valence-electron chi connectivity index (χ2n) is 5.17. The zero-order valence-corrected chi connectivity index (χ0v) is 13.7. The van der Waals surface area contributed by atoms with E-state index < -0.39 is 73.7 Å². The zero-order chi connectivity index (χ0) is 24.5. The Balaban J connectivity index is 4.94. The Morgan fingerprint density at radius 3 is 0.733 bits per heavy atom. The van der Waals surface area contributed by atoms with Crippen LogP contribution in [-0.2, 0) is 41.0 Å². The van der Waals surface area contributed by atoms with Gasteiger partial charge in [0, 0.05) is 0 Å². The molecule has 0 unspecified atom stereocenters. The van der Waals surface area contributed by atoms with E-state index in [2.05, 4.69) is 0 Å². The highest BCUT2D eigenvalue weighted by Gasteiger charge is 2.62. The summed E-state index contributed by atoms with van der Waals surface area (Å²) < 4.78 is 226. The van der Waals surface area contributed by atoms with Crippen LogP contribution < -0.4 is 0 Å². The van der Waals surface area contributed by atoms with Crippen LogP contribution in [0.4, 0.5) is 65.9 Å². The minimum absolute atomic E-state index is 4.07. The molecule has 0 spiro atoms. The number of hydrogen-bond donors (Lipinski definition) is 1. The largest absolute Gasteiger partial charge is 0.418 e. The summed E-state index contributed by atoms with van der Waals surface area (Å²) in [5, 5.41) is 0. The number of benzene rings is 1. The predicted molar refractivity (Wildman–Crippen MR) is 61.3 cm³/mol. The Morgan fingerprint density at radius 2 is 0.600 bits per heavy atom. The van der Waals surface area contributed by atoms with E-state index in [4.69, 9.17) is 4.55 Å². The molecule has 0 amide bonds. The van der Waals surface area contributed by atoms with E-state index in [1.807, 2.05) is 0 Å². The van der Waals surface area contributed by atoms with Crippen LogP contribution in [0.2, 0.25) is 0 Å². The SMILES string of the molecule is O=S(=O)(O)c1c(C(F)(F)F)c(C(F)(F)F)c(C(F)(F)F)c(C(F)(F)F)c1C(F)(F)F. The lowest BCUT2D eigenvalue weighted by atomic mass is 9.89. The quantitative estimate of drug-likeness (QED) is 0.381. The average molecular weight is 498 g/mol. The van der Waals surface area contributed by atoms with Crippen molar-refractivity contribution in [2.24, 2.45) is 0 Å². The Hall–Kier alpha value is -1.92. The smallest absolute Gasteiger partial charge is 0.282 e. The van der Waals surface area contributed by atoms with Crippen molar-refractivity contribution in [1.82, 2.24) is 0 Å². The monoisotopic (exact) mass is 498 g/mol. The molecule has 0 atom stereocenters. The third kappa shape index (κ3) is 4.86. The molecule has 174 valence electrons. The maximum Gasteiger partial charge on any atom is 0.418 e. The zero-order valence-electron chi connectivity index (χ0n) is 12.8. The lowest BCUT2D eigenvalue weighted by molar-refractivity contribution is -0.191. The van der Waals surface area contributed by atoms with Crippen LogP contribution in [0.1, 0.15) is 27.8 Å². The van der Waals surface area contributed by atoms with E-state index >= 15 is 0 Å². The molecule has 0 heterocycles. The molecule has 0 bridgehead atoms. The topological polar surface area (TPSA) is 54.4 Å². The standard InChI is InChI=1S/C11HF15O3S/c12-7(13,14)1-2(8(15,16)17)4(10(21,22)23)6(30(27,28)29)5(11(24,25)26)3(1)9(18,19)20/h(H,27,28,29). The van der Waals surface area contributed by atoms with Crippen molar-refractivity contribution in [3.8, 4) is 0 Å². The molecular weight excluding hydrogens is 497 g/mol. The van der Waals surface area contributed by atoms with Gasteiger partial charge in [0.2, 0.25) is 0 Å². The molecule has 1 aromatic rings. The number of hydrogen-bond acceptors (Lipinski definition) is 2. The van der Waals surface area contributed by atoms with Crippen molar-refractivity contribution >= 4 is 10.1 Å². The number of rotatable bonds is 1. The Morgan fingerprint density at radius 1 is 0.433 bits per heavy atom. The summed E-state index contributed by atoms with van der Waals surface area (Å²) >= 11 is 0. The first-order chi connectivity index (χ1) is 12.7. The molecule has 0 aliphatic carbocycles. The highest BCUT2D eigenvalue weighted by Crippen LogP contribution is 2.57. The van der Waals surface area contributed by atoms with Crippen molar-refractivity contribution in [1.29, 1.82) is 0 Å². The van der Waals surface area contributed by atoms with Crippen molar-refractivity contribution in [3.63, 3.8) is 0 Å². The van der Waals surface area contributed by atoms with E-state index in [1.54, 1.807) is 0 Å². The third-order valence-electron chi connectivity index (χ3n) is 3.13. The van der Waals surface area contributed by atoms with E-state index in [1.165, 1.54) is 0 Å². The van der Waals surface area contributed by atoms with Crippen molar-refractivity contribution in [2.45, 2.75) is 35.8 Å². The molecule has 0 aliphatic rings. The van der Waals surface area contributed by atoms with Gasteiger partial charge in [-0.1, -0.05) is 0 Å². The van der Waals surface area contributed by atoms with Gasteiger partial charge in [0.25, 0.3) is 10.1 Å². The predicted octanol–water partition coefficient (Wildman–Crippen LogP) is 6.03. The first kappa shape index (κ1) is 26.1. The molecule has 0 radical (unpaired) electrons. The first-order valence-electron chi connectivity index (χ1n) is 6.30. The molecule has 0 saturated heterocycles. The fourth-order valence-corrected chi connectivity index (χ4v) is 3.33. The molecule has 30 heavy (non-hydrogen) atoms. The molecule has 0 aliphatic heterocycles. The summed E-state index contributed by atoms with van der Waals surface area (Å²) in [4.78, 5) is -4.07. The minimum Gasteiger partial charge on any atom is -0.282 e. The van der Waals surface area contributed by atoms with Gasteiger partial charge in [-0.2, -0.15) is 74.3 Å². The Kier molecular flexibility index (Phi) is 5.91. The Labute approximate surface area is 153 Å². The van der Waals surface area contributed by atoms with Gasteiger partial charge in [0.05, 0.1) is 27.8 Å². The lowest BCUT2D eigenvalue weighted by Gasteiger charge is -2.29. The fourth-order valence-electron chi connectivity index (χ4n) is 2.38. The summed E-state index contributed by atoms with van der Waals surface area (Å²) in [6.45, 7) is 0. The van der Waals surface area contributed by atoms with Gasteiger partial charge in [-0.3, -0.25) is 4.55 Å². The van der Waals surface area contributed by atoms with Crippen molar-refractivity contribution in [2.75, 3.05) is 0 Å². The summed E-state index contributed by atoms with van der Waals surface area (Å²) in [6.07, 6.45) is -35.5. The first-order valence-corrected chi connectivity index (χ1v) is 7.74. The van der Waals surface area contributed by atoms with Crippen LogP contribution in [0.3, 0.4) is 0 Å². The molecule has 1 rings (SSSR count). The van der Waals surface area contributed by atoms with Crippen LogP contribution in [-0.4, -0.2) is 13.0 Å². The lowest BCUT2D eigenvalue weighted by Crippen LogP contribution is -2.34. The molecule has 0 fully saturated rings. The molecule has 3 nitrogen and oxygen atoms in total. The molecule has 1 N–H and O–H groups in total. The highest BCUT2D eigenvalue weighted by molar-refractivity contribution is 7.86. The maximum absolute atomic E-state index is 13.0. The Bertz CT molecular complexity index is 888. The van der Waals surface area contributed by atoms with Gasteiger partial charge in [-0.25, -0.2) is 0 Å². The normalized spacial score (nSPS) is 14.9. The van der Waals surface area contributed by atoms with E-state index in [0.717, 1.165) is 0 Å². The summed E-state index contributed by atoms with van der Waals surface area (Å²) in [5.41, 5.74) is -21.9. The second kappa shape index (κ2) is 6.79. The molecule has 0 aromatic heterocycles. The molecule has 0 saturated carbocycles. The molecular formula is C11HF15O3S. The van der Waals surface area contributed by atoms with Crippen molar-refractivity contribution in [3.05, 3.63) is 27.8 Å². The van der Waals surface area contributed by atoms with E-state index in [-0.39, 0.29) is 0 Å². The van der Waals surface area contributed by atoms with Crippen LogP contribution >= 0.6 is 0 Å². The number of alkyl halides is 15. The van der Waals surface area contributed by atoms with Gasteiger partial charge in [-0.05, 0) is 0 Å². The van der Waals surface area contributed by atoms with Gasteiger partial charge in [0.1, 0.15) is 4.90 Å². The summed E-state index contributed by atoms with van der Waals surface area (Å²) in [7, 11) is -7.27. The van der Waals surface area contributed by atoms with E-state index in [0.29, 0.717) is 0 Å². The average Bonchev–Trinajstić information content (AvgIpc) is 2.37. The molecule has 1 aromatic carbocycles. The van der Waals surface area contributed by atoms with E-state index in [9.17, 15) is 74.3 Å². The highest BCUT2D eigenvalue weighted by atomic mass is 32.2. The number of halogens is 15. The van der Waals surface area contributed by atoms with Crippen LogP contribution in [0.15, 0.2) is 4.90 Å². The molecule has 19 heteroatoms. The van der Waals surface area contributed by atoms with Crippen LogP contribution in [0.25, 0.3) is 0 Å². The van der Waals surface area contributed by atoms with Crippen molar-refractivity contribution < 1.29 is 78.8 Å². The maximum atomic E-state index is 13.0. The van der Waals surface area contributed by atoms with Crippen LogP contribution in [0, 0.1) is 0 Å². The minimum atomic E-state index is -7.27.